The van der Waals surface area contributed by atoms with Gasteiger partial charge in [-0.3, -0.25) is 0 Å². The lowest BCUT2D eigenvalue weighted by atomic mass is 10.1. The Morgan fingerprint density at radius 2 is 1.83 bits per heavy atom. The van der Waals surface area contributed by atoms with Crippen molar-refractivity contribution in [3.8, 4) is 0 Å². The highest BCUT2D eigenvalue weighted by molar-refractivity contribution is 5.45. The average Bonchev–Trinajstić information content (AvgIpc) is 2.39. The summed E-state index contributed by atoms with van der Waals surface area (Å²) in [4.78, 5) is 0. The largest absolute Gasteiger partial charge is 0.385 e. The Labute approximate surface area is 110 Å². The third-order valence-electron chi connectivity index (χ3n) is 2.75. The quantitative estimate of drug-likeness (QED) is 0.682. The maximum absolute atomic E-state index is 5.50. The van der Waals surface area contributed by atoms with Crippen molar-refractivity contribution in [2.75, 3.05) is 25.1 Å². The van der Waals surface area contributed by atoms with Gasteiger partial charge in [-0.05, 0) is 38.0 Å². The molecule has 3 nitrogen and oxygen atoms in total. The Morgan fingerprint density at radius 3 is 2.44 bits per heavy atom. The highest BCUT2D eigenvalue weighted by Gasteiger charge is 2.06. The fraction of sp³-hybridized carbons (Fsp3) is 0.600. The van der Waals surface area contributed by atoms with Gasteiger partial charge in [0.1, 0.15) is 0 Å². The van der Waals surface area contributed by atoms with Crippen molar-refractivity contribution in [2.45, 2.75) is 39.9 Å². The van der Waals surface area contributed by atoms with E-state index in [1.165, 1.54) is 11.3 Å². The summed E-state index contributed by atoms with van der Waals surface area (Å²) in [6, 6.07) is 8.52. The van der Waals surface area contributed by atoms with Gasteiger partial charge >= 0.3 is 0 Å². The third-order valence-corrected chi connectivity index (χ3v) is 2.75. The van der Waals surface area contributed by atoms with Crippen molar-refractivity contribution >= 4 is 5.69 Å². The van der Waals surface area contributed by atoms with E-state index in [1.807, 2.05) is 13.8 Å². The molecule has 18 heavy (non-hydrogen) atoms. The second-order valence-electron chi connectivity index (χ2n) is 4.11. The number of ether oxygens (including phenoxy) is 2. The molecule has 0 fully saturated rings. The van der Waals surface area contributed by atoms with Crippen LogP contribution in [0.2, 0.25) is 0 Å². The van der Waals surface area contributed by atoms with Gasteiger partial charge < -0.3 is 14.8 Å². The van der Waals surface area contributed by atoms with E-state index >= 15 is 0 Å². The fourth-order valence-electron chi connectivity index (χ4n) is 1.82. The van der Waals surface area contributed by atoms with E-state index in [0.717, 1.165) is 19.4 Å². The van der Waals surface area contributed by atoms with Crippen molar-refractivity contribution in [2.24, 2.45) is 0 Å². The number of nitrogens with one attached hydrogen (secondary N) is 1. The standard InChI is InChI=1S/C15H25NO2/c1-4-13-8-7-9-14(12-13)16-11-10-15(17-5-2)18-6-3/h7-9,12,15-16H,4-6,10-11H2,1-3H3. The van der Waals surface area contributed by atoms with E-state index in [2.05, 4.69) is 36.5 Å². The van der Waals surface area contributed by atoms with E-state index in [-0.39, 0.29) is 6.29 Å². The van der Waals surface area contributed by atoms with Crippen LogP contribution < -0.4 is 5.32 Å². The summed E-state index contributed by atoms with van der Waals surface area (Å²) in [6.45, 7) is 8.39. The monoisotopic (exact) mass is 251 g/mol. The van der Waals surface area contributed by atoms with Crippen molar-refractivity contribution < 1.29 is 9.47 Å². The lowest BCUT2D eigenvalue weighted by Crippen LogP contribution is -2.21. The van der Waals surface area contributed by atoms with E-state index in [1.54, 1.807) is 0 Å². The topological polar surface area (TPSA) is 30.5 Å². The summed E-state index contributed by atoms with van der Waals surface area (Å²) >= 11 is 0. The Morgan fingerprint density at radius 1 is 1.11 bits per heavy atom. The second-order valence-corrected chi connectivity index (χ2v) is 4.11. The van der Waals surface area contributed by atoms with Crippen molar-refractivity contribution in [3.63, 3.8) is 0 Å². The third kappa shape index (κ3) is 5.52. The van der Waals surface area contributed by atoms with Gasteiger partial charge in [-0.1, -0.05) is 19.1 Å². The van der Waals surface area contributed by atoms with Crippen molar-refractivity contribution in [1.29, 1.82) is 0 Å². The lowest BCUT2D eigenvalue weighted by Gasteiger charge is -2.17. The van der Waals surface area contributed by atoms with Crippen molar-refractivity contribution in [3.05, 3.63) is 29.8 Å². The first-order chi connectivity index (χ1) is 8.80. The Balaban J connectivity index is 2.34. The van der Waals surface area contributed by atoms with Gasteiger partial charge in [0.25, 0.3) is 0 Å². The van der Waals surface area contributed by atoms with Crippen LogP contribution in [0.4, 0.5) is 5.69 Å². The molecular weight excluding hydrogens is 226 g/mol. The Kier molecular flexibility index (Phi) is 7.46. The summed E-state index contributed by atoms with van der Waals surface area (Å²) in [6.07, 6.45) is 1.83. The van der Waals surface area contributed by atoms with E-state index < -0.39 is 0 Å². The molecule has 1 rings (SSSR count). The molecule has 0 aliphatic carbocycles. The van der Waals surface area contributed by atoms with Crippen LogP contribution in [0, 0.1) is 0 Å². The normalized spacial score (nSPS) is 10.9. The molecular formula is C15H25NO2. The number of rotatable bonds is 9. The van der Waals surface area contributed by atoms with Gasteiger partial charge in [0.15, 0.2) is 6.29 Å². The van der Waals surface area contributed by atoms with Crippen LogP contribution in [0.1, 0.15) is 32.8 Å². The van der Waals surface area contributed by atoms with Crippen LogP contribution in [-0.4, -0.2) is 26.0 Å². The minimum Gasteiger partial charge on any atom is -0.385 e. The molecule has 1 aromatic carbocycles. The summed E-state index contributed by atoms with van der Waals surface area (Å²) in [5.41, 5.74) is 2.52. The van der Waals surface area contributed by atoms with Crippen molar-refractivity contribution in [1.82, 2.24) is 0 Å². The first kappa shape index (κ1) is 15.0. The maximum Gasteiger partial charge on any atom is 0.159 e. The van der Waals surface area contributed by atoms with Crippen LogP contribution in [-0.2, 0) is 15.9 Å². The number of aryl methyl sites for hydroxylation is 1. The first-order valence-corrected chi connectivity index (χ1v) is 6.86. The minimum absolute atomic E-state index is 0.0955. The molecule has 0 aliphatic heterocycles. The molecule has 0 spiro atoms. The zero-order chi connectivity index (χ0) is 13.2. The molecule has 0 saturated carbocycles. The SMILES string of the molecule is CCOC(CCNc1cccc(CC)c1)OCC. The maximum atomic E-state index is 5.50. The highest BCUT2D eigenvalue weighted by Crippen LogP contribution is 2.11. The minimum atomic E-state index is -0.0955. The molecule has 0 bridgehead atoms. The molecule has 0 amide bonds. The van der Waals surface area contributed by atoms with Crippen LogP contribution in [0.5, 0.6) is 0 Å². The molecule has 0 saturated heterocycles. The van der Waals surface area contributed by atoms with Crippen LogP contribution in [0.25, 0.3) is 0 Å². The highest BCUT2D eigenvalue weighted by atomic mass is 16.7. The fourth-order valence-corrected chi connectivity index (χ4v) is 1.82. The smallest absolute Gasteiger partial charge is 0.159 e. The summed E-state index contributed by atoms with van der Waals surface area (Å²) in [7, 11) is 0. The van der Waals surface area contributed by atoms with Gasteiger partial charge in [0.05, 0.1) is 0 Å². The molecule has 0 radical (unpaired) electrons. The van der Waals surface area contributed by atoms with Gasteiger partial charge in [-0.15, -0.1) is 0 Å². The Bertz CT molecular complexity index is 322. The summed E-state index contributed by atoms with van der Waals surface area (Å²) < 4.78 is 11.0. The Hall–Kier alpha value is -1.06. The zero-order valence-corrected chi connectivity index (χ0v) is 11.7. The van der Waals surface area contributed by atoms with Crippen LogP contribution in [0.15, 0.2) is 24.3 Å². The summed E-state index contributed by atoms with van der Waals surface area (Å²) in [5, 5.41) is 3.41. The number of anilines is 1. The molecule has 0 heterocycles. The van der Waals surface area contributed by atoms with Gasteiger partial charge in [-0.2, -0.15) is 0 Å². The van der Waals surface area contributed by atoms with Gasteiger partial charge in [0.2, 0.25) is 0 Å². The molecule has 0 unspecified atom stereocenters. The second kappa shape index (κ2) is 8.95. The number of hydrogen-bond donors (Lipinski definition) is 1. The molecule has 0 aliphatic rings. The van der Waals surface area contributed by atoms with Crippen LogP contribution in [0.3, 0.4) is 0 Å². The molecule has 1 N–H and O–H groups in total. The molecule has 102 valence electrons. The number of benzene rings is 1. The van der Waals surface area contributed by atoms with Gasteiger partial charge in [0, 0.05) is 31.9 Å². The van der Waals surface area contributed by atoms with E-state index in [4.69, 9.17) is 9.47 Å². The van der Waals surface area contributed by atoms with Gasteiger partial charge in [-0.25, -0.2) is 0 Å². The summed E-state index contributed by atoms with van der Waals surface area (Å²) in [5.74, 6) is 0. The zero-order valence-electron chi connectivity index (χ0n) is 11.7. The van der Waals surface area contributed by atoms with E-state index in [9.17, 15) is 0 Å². The molecule has 0 atom stereocenters. The van der Waals surface area contributed by atoms with E-state index in [0.29, 0.717) is 13.2 Å². The molecule has 1 aromatic rings. The number of hydrogen-bond acceptors (Lipinski definition) is 3. The average molecular weight is 251 g/mol. The van der Waals surface area contributed by atoms with Crippen LogP contribution >= 0.6 is 0 Å². The molecule has 0 aromatic heterocycles. The first-order valence-electron chi connectivity index (χ1n) is 6.86. The predicted octanol–water partition coefficient (Wildman–Crippen LogP) is 3.45. The molecule has 3 heteroatoms. The lowest BCUT2D eigenvalue weighted by molar-refractivity contribution is -0.137. The predicted molar refractivity (Wildman–Crippen MR) is 76.0 cm³/mol.